The van der Waals surface area contributed by atoms with E-state index in [0.717, 1.165) is 28.1 Å². The second-order valence-electron chi connectivity index (χ2n) is 8.37. The Morgan fingerprint density at radius 3 is 1.74 bits per heavy atom. The van der Waals surface area contributed by atoms with Gasteiger partial charge in [0.05, 0.1) is 23.0 Å². The monoisotopic (exact) mass is 457 g/mol. The standard InChI is InChI=1S/C31H27N3O/c1-2-27-28(30(25-19-11-5-12-20-25)33-34(27)26-21-13-6-14-22-26)31(35)32-29(23-15-7-3-8-16-23)24-17-9-4-10-18-24/h3-22,29H,2H2,1H3,(H,32,35). The number of benzene rings is 4. The van der Waals surface area contributed by atoms with Crippen molar-refractivity contribution < 1.29 is 4.79 Å². The summed E-state index contributed by atoms with van der Waals surface area (Å²) in [4.78, 5) is 14.1. The van der Waals surface area contributed by atoms with Crippen LogP contribution in [0.15, 0.2) is 121 Å². The first kappa shape index (κ1) is 22.4. The highest BCUT2D eigenvalue weighted by Gasteiger charge is 2.27. The van der Waals surface area contributed by atoms with E-state index in [0.29, 0.717) is 17.7 Å². The maximum Gasteiger partial charge on any atom is 0.256 e. The van der Waals surface area contributed by atoms with Gasteiger partial charge in [0.2, 0.25) is 0 Å². The van der Waals surface area contributed by atoms with Crippen LogP contribution < -0.4 is 5.32 Å². The van der Waals surface area contributed by atoms with Crippen LogP contribution >= 0.6 is 0 Å². The van der Waals surface area contributed by atoms with E-state index in [-0.39, 0.29) is 11.9 Å². The van der Waals surface area contributed by atoms with Gasteiger partial charge in [-0.05, 0) is 29.7 Å². The van der Waals surface area contributed by atoms with Gasteiger partial charge in [0.25, 0.3) is 5.91 Å². The van der Waals surface area contributed by atoms with Crippen molar-refractivity contribution in [3.8, 4) is 16.9 Å². The van der Waals surface area contributed by atoms with Crippen molar-refractivity contribution in [2.45, 2.75) is 19.4 Å². The van der Waals surface area contributed by atoms with Crippen LogP contribution in [0.25, 0.3) is 16.9 Å². The van der Waals surface area contributed by atoms with Gasteiger partial charge >= 0.3 is 0 Å². The summed E-state index contributed by atoms with van der Waals surface area (Å²) < 4.78 is 1.90. The van der Waals surface area contributed by atoms with Crippen molar-refractivity contribution >= 4 is 5.91 Å². The number of rotatable bonds is 7. The SMILES string of the molecule is CCc1c(C(=O)NC(c2ccccc2)c2ccccc2)c(-c2ccccc2)nn1-c1ccccc1. The number of hydrogen-bond donors (Lipinski definition) is 1. The Kier molecular flexibility index (Phi) is 6.53. The van der Waals surface area contributed by atoms with Crippen LogP contribution in [0.3, 0.4) is 0 Å². The molecule has 0 aliphatic heterocycles. The molecule has 5 aromatic rings. The van der Waals surface area contributed by atoms with E-state index in [2.05, 4.69) is 12.2 Å². The quantitative estimate of drug-likeness (QED) is 0.298. The predicted octanol–water partition coefficient (Wildman–Crippen LogP) is 6.62. The summed E-state index contributed by atoms with van der Waals surface area (Å²) in [6.45, 7) is 2.06. The van der Waals surface area contributed by atoms with Crippen LogP contribution in [-0.2, 0) is 6.42 Å². The molecular weight excluding hydrogens is 430 g/mol. The molecule has 0 saturated carbocycles. The fraction of sp³-hybridized carbons (Fsp3) is 0.0968. The minimum absolute atomic E-state index is 0.138. The van der Waals surface area contributed by atoms with E-state index in [4.69, 9.17) is 5.10 Å². The summed E-state index contributed by atoms with van der Waals surface area (Å²) in [5.41, 5.74) is 6.08. The molecule has 0 radical (unpaired) electrons. The zero-order chi connectivity index (χ0) is 24.0. The van der Waals surface area contributed by atoms with Crippen LogP contribution in [0.2, 0.25) is 0 Å². The molecule has 4 aromatic carbocycles. The van der Waals surface area contributed by atoms with Crippen molar-refractivity contribution in [2.24, 2.45) is 0 Å². The van der Waals surface area contributed by atoms with E-state index in [1.54, 1.807) is 0 Å². The lowest BCUT2D eigenvalue weighted by Gasteiger charge is -2.20. The van der Waals surface area contributed by atoms with Gasteiger partial charge in [-0.25, -0.2) is 4.68 Å². The van der Waals surface area contributed by atoms with Gasteiger partial charge in [-0.3, -0.25) is 4.79 Å². The van der Waals surface area contributed by atoms with Crippen LogP contribution in [0.1, 0.15) is 40.1 Å². The molecule has 1 amide bonds. The first-order chi connectivity index (χ1) is 17.3. The molecule has 0 aliphatic carbocycles. The molecule has 0 bridgehead atoms. The lowest BCUT2D eigenvalue weighted by atomic mass is 9.97. The molecular formula is C31H27N3O. The molecule has 0 saturated heterocycles. The molecule has 1 N–H and O–H groups in total. The van der Waals surface area contributed by atoms with E-state index >= 15 is 0 Å². The Balaban J connectivity index is 1.63. The topological polar surface area (TPSA) is 46.9 Å². The average Bonchev–Trinajstić information content (AvgIpc) is 3.33. The second kappa shape index (κ2) is 10.2. The fourth-order valence-electron chi connectivity index (χ4n) is 4.45. The first-order valence-corrected chi connectivity index (χ1v) is 11.9. The molecule has 0 unspecified atom stereocenters. The third-order valence-electron chi connectivity index (χ3n) is 6.13. The van der Waals surface area contributed by atoms with Gasteiger partial charge in [-0.1, -0.05) is 116 Å². The molecule has 5 rings (SSSR count). The van der Waals surface area contributed by atoms with E-state index in [1.807, 2.05) is 126 Å². The minimum atomic E-state index is -0.279. The largest absolute Gasteiger partial charge is 0.341 e. The van der Waals surface area contributed by atoms with Gasteiger partial charge in [0.1, 0.15) is 5.69 Å². The molecule has 1 aromatic heterocycles. The second-order valence-corrected chi connectivity index (χ2v) is 8.37. The van der Waals surface area contributed by atoms with Gasteiger partial charge < -0.3 is 5.32 Å². The molecule has 35 heavy (non-hydrogen) atoms. The summed E-state index contributed by atoms with van der Waals surface area (Å²) >= 11 is 0. The molecule has 172 valence electrons. The van der Waals surface area contributed by atoms with Gasteiger partial charge in [0.15, 0.2) is 0 Å². The Bertz CT molecular complexity index is 1360. The van der Waals surface area contributed by atoms with Gasteiger partial charge in [-0.2, -0.15) is 5.10 Å². The average molecular weight is 458 g/mol. The number of para-hydroxylation sites is 1. The number of carbonyl (C=O) groups excluding carboxylic acids is 1. The fourth-order valence-corrected chi connectivity index (χ4v) is 4.45. The number of carbonyl (C=O) groups is 1. The highest BCUT2D eigenvalue weighted by Crippen LogP contribution is 2.30. The Morgan fingerprint density at radius 2 is 1.23 bits per heavy atom. The molecule has 0 fully saturated rings. The molecule has 0 spiro atoms. The number of amides is 1. The highest BCUT2D eigenvalue weighted by molar-refractivity contribution is 6.01. The van der Waals surface area contributed by atoms with Crippen molar-refractivity contribution in [3.05, 3.63) is 144 Å². The zero-order valence-electron chi connectivity index (χ0n) is 19.6. The van der Waals surface area contributed by atoms with Crippen molar-refractivity contribution in [3.63, 3.8) is 0 Å². The molecule has 1 heterocycles. The van der Waals surface area contributed by atoms with E-state index < -0.39 is 0 Å². The highest BCUT2D eigenvalue weighted by atomic mass is 16.1. The van der Waals surface area contributed by atoms with Gasteiger partial charge in [-0.15, -0.1) is 0 Å². The summed E-state index contributed by atoms with van der Waals surface area (Å²) in [5.74, 6) is -0.138. The molecule has 4 nitrogen and oxygen atoms in total. The van der Waals surface area contributed by atoms with Crippen LogP contribution in [0.4, 0.5) is 0 Å². The lowest BCUT2D eigenvalue weighted by molar-refractivity contribution is 0.0942. The summed E-state index contributed by atoms with van der Waals surface area (Å²) in [6, 6.07) is 39.8. The molecule has 0 aliphatic rings. The van der Waals surface area contributed by atoms with Crippen molar-refractivity contribution in [2.75, 3.05) is 0 Å². The van der Waals surface area contributed by atoms with Crippen molar-refractivity contribution in [1.29, 1.82) is 0 Å². The summed E-state index contributed by atoms with van der Waals surface area (Å²) in [5, 5.41) is 8.27. The molecule has 0 atom stereocenters. The first-order valence-electron chi connectivity index (χ1n) is 11.9. The number of nitrogens with zero attached hydrogens (tertiary/aromatic N) is 2. The van der Waals surface area contributed by atoms with E-state index in [9.17, 15) is 4.79 Å². The smallest absolute Gasteiger partial charge is 0.256 e. The number of hydrogen-bond acceptors (Lipinski definition) is 2. The van der Waals surface area contributed by atoms with Crippen LogP contribution in [0.5, 0.6) is 0 Å². The molecule has 4 heteroatoms. The summed E-state index contributed by atoms with van der Waals surface area (Å²) in [7, 11) is 0. The maximum absolute atomic E-state index is 14.1. The Morgan fingerprint density at radius 1 is 0.743 bits per heavy atom. The minimum Gasteiger partial charge on any atom is -0.341 e. The normalized spacial score (nSPS) is 10.9. The van der Waals surface area contributed by atoms with E-state index in [1.165, 1.54) is 0 Å². The third kappa shape index (κ3) is 4.64. The number of nitrogens with one attached hydrogen (secondary N) is 1. The van der Waals surface area contributed by atoms with Crippen LogP contribution in [-0.4, -0.2) is 15.7 Å². The van der Waals surface area contributed by atoms with Gasteiger partial charge in [0, 0.05) is 5.56 Å². The lowest BCUT2D eigenvalue weighted by Crippen LogP contribution is -2.30. The number of aromatic nitrogens is 2. The summed E-state index contributed by atoms with van der Waals surface area (Å²) in [6.07, 6.45) is 0.665. The van der Waals surface area contributed by atoms with Crippen LogP contribution in [0, 0.1) is 0 Å². The Hall–Kier alpha value is -4.44. The third-order valence-corrected chi connectivity index (χ3v) is 6.13. The maximum atomic E-state index is 14.1. The predicted molar refractivity (Wildman–Crippen MR) is 141 cm³/mol. The van der Waals surface area contributed by atoms with Crippen molar-refractivity contribution in [1.82, 2.24) is 15.1 Å². The Labute approximate surface area is 205 Å². The zero-order valence-corrected chi connectivity index (χ0v) is 19.6.